The molecule has 1 rings (SSSR count). The van der Waals surface area contributed by atoms with Gasteiger partial charge in [-0.25, -0.2) is 0 Å². The van der Waals surface area contributed by atoms with Crippen LogP contribution in [0.2, 0.25) is 0 Å². The second kappa shape index (κ2) is 8.32. The Morgan fingerprint density at radius 2 is 1.85 bits per heavy atom. The fraction of sp³-hybridized carbons (Fsp3) is 0.467. The molecule has 1 atom stereocenters. The van der Waals surface area contributed by atoms with Crippen molar-refractivity contribution >= 4 is 23.2 Å². The molecule has 5 nitrogen and oxygen atoms in total. The minimum atomic E-state index is -0.172. The Balaban J connectivity index is 2.70. The van der Waals surface area contributed by atoms with Gasteiger partial charge in [0.05, 0.1) is 5.92 Å². The maximum atomic E-state index is 12.0. The van der Waals surface area contributed by atoms with Crippen LogP contribution in [0.5, 0.6) is 0 Å². The summed E-state index contributed by atoms with van der Waals surface area (Å²) in [4.78, 5) is 23.4. The molecule has 0 aliphatic heterocycles. The largest absolute Gasteiger partial charge is 0.330 e. The number of nitrogens with two attached hydrogens (primary N) is 1. The summed E-state index contributed by atoms with van der Waals surface area (Å²) in [7, 11) is 0. The molecule has 110 valence electrons. The van der Waals surface area contributed by atoms with Crippen LogP contribution in [0.4, 0.5) is 11.4 Å². The van der Waals surface area contributed by atoms with Crippen LogP contribution in [0.1, 0.15) is 33.1 Å². The molecular weight excluding hydrogens is 254 g/mol. The topological polar surface area (TPSA) is 84.2 Å². The molecular formula is C15H23N3O2. The lowest BCUT2D eigenvalue weighted by Gasteiger charge is -2.14. The second-order valence-corrected chi connectivity index (χ2v) is 4.69. The molecule has 0 radical (unpaired) electrons. The van der Waals surface area contributed by atoms with Gasteiger partial charge in [-0.3, -0.25) is 9.59 Å². The summed E-state index contributed by atoms with van der Waals surface area (Å²) in [5.74, 6) is -0.304. The van der Waals surface area contributed by atoms with Crippen molar-refractivity contribution in [2.24, 2.45) is 11.7 Å². The van der Waals surface area contributed by atoms with E-state index in [4.69, 9.17) is 5.73 Å². The van der Waals surface area contributed by atoms with Gasteiger partial charge in [-0.2, -0.15) is 0 Å². The van der Waals surface area contributed by atoms with Crippen LogP contribution in [0.3, 0.4) is 0 Å². The Morgan fingerprint density at radius 3 is 2.40 bits per heavy atom. The fourth-order valence-corrected chi connectivity index (χ4v) is 1.87. The van der Waals surface area contributed by atoms with E-state index in [0.29, 0.717) is 24.3 Å². The first-order valence-electron chi connectivity index (χ1n) is 7.01. The van der Waals surface area contributed by atoms with Crippen molar-refractivity contribution in [3.8, 4) is 0 Å². The molecule has 0 aromatic heterocycles. The quantitative estimate of drug-likeness (QED) is 0.715. The number of hydrogen-bond donors (Lipinski definition) is 3. The SMILES string of the molecule is CCCC(CN)C(=O)Nc1cccc(NC(=O)CC)c1. The summed E-state index contributed by atoms with van der Waals surface area (Å²) < 4.78 is 0. The normalized spacial score (nSPS) is 11.8. The van der Waals surface area contributed by atoms with E-state index in [0.717, 1.165) is 12.8 Å². The molecule has 0 aliphatic rings. The highest BCUT2D eigenvalue weighted by Gasteiger charge is 2.15. The molecule has 0 spiro atoms. The molecule has 4 N–H and O–H groups in total. The number of hydrogen-bond acceptors (Lipinski definition) is 3. The van der Waals surface area contributed by atoms with Crippen molar-refractivity contribution in [1.29, 1.82) is 0 Å². The van der Waals surface area contributed by atoms with E-state index in [-0.39, 0.29) is 17.7 Å². The van der Waals surface area contributed by atoms with Crippen LogP contribution in [0, 0.1) is 5.92 Å². The van der Waals surface area contributed by atoms with Crippen molar-refractivity contribution in [2.45, 2.75) is 33.1 Å². The van der Waals surface area contributed by atoms with E-state index in [1.807, 2.05) is 6.92 Å². The second-order valence-electron chi connectivity index (χ2n) is 4.69. The van der Waals surface area contributed by atoms with Crippen molar-refractivity contribution in [3.63, 3.8) is 0 Å². The summed E-state index contributed by atoms with van der Waals surface area (Å²) >= 11 is 0. The first kappa shape index (κ1) is 16.2. The molecule has 0 heterocycles. The smallest absolute Gasteiger partial charge is 0.228 e. The number of benzene rings is 1. The minimum absolute atomic E-state index is 0.0562. The van der Waals surface area contributed by atoms with E-state index in [1.165, 1.54) is 0 Å². The Labute approximate surface area is 119 Å². The van der Waals surface area contributed by atoms with Crippen molar-refractivity contribution in [1.82, 2.24) is 0 Å². The summed E-state index contributed by atoms with van der Waals surface area (Å²) in [6.45, 7) is 4.15. The summed E-state index contributed by atoms with van der Waals surface area (Å²) in [5.41, 5.74) is 6.95. The van der Waals surface area contributed by atoms with Crippen LogP contribution in [0.25, 0.3) is 0 Å². The van der Waals surface area contributed by atoms with Crippen LogP contribution < -0.4 is 16.4 Å². The average molecular weight is 277 g/mol. The predicted molar refractivity (Wildman–Crippen MR) is 81.4 cm³/mol. The fourth-order valence-electron chi connectivity index (χ4n) is 1.87. The van der Waals surface area contributed by atoms with Crippen molar-refractivity contribution in [2.75, 3.05) is 17.2 Å². The van der Waals surface area contributed by atoms with Crippen molar-refractivity contribution in [3.05, 3.63) is 24.3 Å². The summed E-state index contributed by atoms with van der Waals surface area (Å²) in [5, 5.41) is 5.60. The number of carbonyl (C=O) groups excluding carboxylic acids is 2. The standard InChI is InChI=1S/C15H23N3O2/c1-3-6-11(10-16)15(20)18-13-8-5-7-12(9-13)17-14(19)4-2/h5,7-9,11H,3-4,6,10,16H2,1-2H3,(H,17,19)(H,18,20). The molecule has 2 amide bonds. The van der Waals surface area contributed by atoms with E-state index in [9.17, 15) is 9.59 Å². The lowest BCUT2D eigenvalue weighted by molar-refractivity contribution is -0.119. The first-order chi connectivity index (χ1) is 9.60. The van der Waals surface area contributed by atoms with E-state index >= 15 is 0 Å². The van der Waals surface area contributed by atoms with E-state index < -0.39 is 0 Å². The van der Waals surface area contributed by atoms with Gasteiger partial charge in [-0.05, 0) is 24.6 Å². The Hall–Kier alpha value is -1.88. The van der Waals surface area contributed by atoms with Gasteiger partial charge in [-0.15, -0.1) is 0 Å². The number of nitrogens with one attached hydrogen (secondary N) is 2. The van der Waals surface area contributed by atoms with Crippen LogP contribution >= 0.6 is 0 Å². The third-order valence-corrected chi connectivity index (χ3v) is 3.03. The number of amides is 2. The third kappa shape index (κ3) is 5.01. The van der Waals surface area contributed by atoms with E-state index in [2.05, 4.69) is 10.6 Å². The molecule has 0 bridgehead atoms. The molecule has 0 saturated heterocycles. The Bertz CT molecular complexity index is 460. The number of anilines is 2. The minimum Gasteiger partial charge on any atom is -0.330 e. The van der Waals surface area contributed by atoms with Crippen LogP contribution in [-0.4, -0.2) is 18.4 Å². The van der Waals surface area contributed by atoms with E-state index in [1.54, 1.807) is 31.2 Å². The van der Waals surface area contributed by atoms with Gasteiger partial charge in [0.25, 0.3) is 0 Å². The van der Waals surface area contributed by atoms with Crippen molar-refractivity contribution < 1.29 is 9.59 Å². The molecule has 0 aliphatic carbocycles. The monoisotopic (exact) mass is 277 g/mol. The lowest BCUT2D eigenvalue weighted by atomic mass is 10.0. The molecule has 1 unspecified atom stereocenters. The highest BCUT2D eigenvalue weighted by atomic mass is 16.2. The van der Waals surface area contributed by atoms with Gasteiger partial charge in [0.1, 0.15) is 0 Å². The summed E-state index contributed by atoms with van der Waals surface area (Å²) in [6, 6.07) is 7.11. The van der Waals surface area contributed by atoms with Gasteiger partial charge < -0.3 is 16.4 Å². The lowest BCUT2D eigenvalue weighted by Crippen LogP contribution is -2.29. The molecule has 0 saturated carbocycles. The highest BCUT2D eigenvalue weighted by Crippen LogP contribution is 2.17. The molecule has 5 heteroatoms. The molecule has 20 heavy (non-hydrogen) atoms. The Kier molecular flexibility index (Phi) is 6.73. The Morgan fingerprint density at radius 1 is 1.20 bits per heavy atom. The van der Waals surface area contributed by atoms with Crippen LogP contribution in [0.15, 0.2) is 24.3 Å². The average Bonchev–Trinajstić information content (AvgIpc) is 2.44. The molecule has 0 fully saturated rings. The van der Waals surface area contributed by atoms with Gasteiger partial charge in [0, 0.05) is 24.3 Å². The summed E-state index contributed by atoms with van der Waals surface area (Å²) in [6.07, 6.45) is 2.11. The predicted octanol–water partition coefficient (Wildman–Crippen LogP) is 2.35. The molecule has 1 aromatic carbocycles. The number of carbonyl (C=O) groups is 2. The zero-order valence-electron chi connectivity index (χ0n) is 12.1. The van der Waals surface area contributed by atoms with Gasteiger partial charge in [0.2, 0.25) is 11.8 Å². The maximum absolute atomic E-state index is 12.0. The first-order valence-corrected chi connectivity index (χ1v) is 7.01. The van der Waals surface area contributed by atoms with Gasteiger partial charge in [0.15, 0.2) is 0 Å². The molecule has 1 aromatic rings. The zero-order chi connectivity index (χ0) is 15.0. The third-order valence-electron chi connectivity index (χ3n) is 3.03. The van der Waals surface area contributed by atoms with Gasteiger partial charge >= 0.3 is 0 Å². The van der Waals surface area contributed by atoms with Crippen LogP contribution in [-0.2, 0) is 9.59 Å². The maximum Gasteiger partial charge on any atom is 0.228 e. The highest BCUT2D eigenvalue weighted by molar-refractivity contribution is 5.95. The number of rotatable bonds is 7. The van der Waals surface area contributed by atoms with Gasteiger partial charge in [-0.1, -0.05) is 26.3 Å². The zero-order valence-corrected chi connectivity index (χ0v) is 12.1.